The van der Waals surface area contributed by atoms with Crippen LogP contribution < -0.4 is 5.73 Å². The zero-order chi connectivity index (χ0) is 10.6. The van der Waals surface area contributed by atoms with Gasteiger partial charge in [0.05, 0.1) is 15.6 Å². The van der Waals surface area contributed by atoms with Gasteiger partial charge < -0.3 is 5.73 Å². The Bertz CT molecular complexity index is 370. The largest absolute Gasteiger partial charge is 0.399 e. The molecule has 0 amide bonds. The quantitative estimate of drug-likeness (QED) is 0.444. The Kier molecular flexibility index (Phi) is 4.47. The fourth-order valence-electron chi connectivity index (χ4n) is 0.919. The fraction of sp³-hybridized carbons (Fsp3) is 0.200. The number of thiol groups is 1. The van der Waals surface area contributed by atoms with E-state index in [1.807, 2.05) is 0 Å². The Balaban J connectivity index is 3.04. The smallest absolute Gasteiger partial charge is 0.0619 e. The van der Waals surface area contributed by atoms with Crippen LogP contribution in [-0.2, 0) is 0 Å². The van der Waals surface area contributed by atoms with E-state index in [4.69, 9.17) is 28.9 Å². The third-order valence-electron chi connectivity index (χ3n) is 1.51. The van der Waals surface area contributed by atoms with Crippen molar-refractivity contribution in [1.29, 1.82) is 0 Å². The molecule has 0 radical (unpaired) electrons. The highest BCUT2D eigenvalue weighted by atomic mass is 35.5. The Morgan fingerprint density at radius 3 is 2.36 bits per heavy atom. The van der Waals surface area contributed by atoms with E-state index < -0.39 is 0 Å². The van der Waals surface area contributed by atoms with Crippen LogP contribution in [0.5, 0.6) is 0 Å². The van der Waals surface area contributed by atoms with Crippen LogP contribution in [0.3, 0.4) is 0 Å². The summed E-state index contributed by atoms with van der Waals surface area (Å²) in [5, 5.41) is 0.975. The topological polar surface area (TPSA) is 26.0 Å². The molecule has 0 fully saturated rings. The van der Waals surface area contributed by atoms with Crippen LogP contribution in [0.4, 0.5) is 5.69 Å². The maximum Gasteiger partial charge on any atom is 0.0619 e. The maximum atomic E-state index is 5.93. The average molecular weight is 246 g/mol. The zero-order valence-electron chi connectivity index (χ0n) is 7.35. The molecule has 1 nitrogen and oxygen atoms in total. The van der Waals surface area contributed by atoms with Crippen molar-refractivity contribution >= 4 is 41.5 Å². The first kappa shape index (κ1) is 11.6. The van der Waals surface area contributed by atoms with Gasteiger partial charge in [-0.1, -0.05) is 35.0 Å². The molecule has 0 atom stereocenters. The number of hydrogen-bond acceptors (Lipinski definition) is 2. The van der Waals surface area contributed by atoms with Crippen LogP contribution in [-0.4, -0.2) is 5.75 Å². The number of hydrogen-bond donors (Lipinski definition) is 2. The summed E-state index contributed by atoms with van der Waals surface area (Å²) in [4.78, 5) is 0. The highest BCUT2D eigenvalue weighted by Gasteiger charge is 2.03. The van der Waals surface area contributed by atoms with Gasteiger partial charge in [0.15, 0.2) is 0 Å². The van der Waals surface area contributed by atoms with Gasteiger partial charge in [-0.25, -0.2) is 0 Å². The molecule has 0 aromatic heterocycles. The number of nitrogens with two attached hydrogens (primary N) is 1. The Morgan fingerprint density at radius 1 is 1.29 bits per heavy atom. The molecule has 0 heterocycles. The molecule has 0 unspecified atom stereocenters. The Hall–Kier alpha value is -0.490. The van der Waals surface area contributed by atoms with Gasteiger partial charge in [-0.05, 0) is 12.1 Å². The number of nitrogen functional groups attached to an aromatic ring is 1. The highest BCUT2D eigenvalue weighted by molar-refractivity contribution is 7.80. The minimum absolute atomic E-state index is 0.488. The van der Waals surface area contributed by atoms with Gasteiger partial charge in [0, 0.05) is 17.9 Å². The normalized spacial score (nSPS) is 9.36. The summed E-state index contributed by atoms with van der Waals surface area (Å²) in [7, 11) is 0. The maximum absolute atomic E-state index is 5.93. The second-order valence-electron chi connectivity index (χ2n) is 2.63. The molecule has 0 aliphatic rings. The van der Waals surface area contributed by atoms with Gasteiger partial charge in [-0.15, -0.1) is 0 Å². The molecule has 0 saturated heterocycles. The van der Waals surface area contributed by atoms with E-state index in [1.54, 1.807) is 12.1 Å². The minimum Gasteiger partial charge on any atom is -0.399 e. The third-order valence-corrected chi connectivity index (χ3v) is 2.33. The first-order valence-electron chi connectivity index (χ1n) is 3.99. The summed E-state index contributed by atoms with van der Waals surface area (Å²) < 4.78 is 0. The number of benzene rings is 1. The monoisotopic (exact) mass is 245 g/mol. The lowest BCUT2D eigenvalue weighted by Gasteiger charge is -2.01. The van der Waals surface area contributed by atoms with Crippen molar-refractivity contribution in [2.45, 2.75) is 6.42 Å². The summed E-state index contributed by atoms with van der Waals surface area (Å²) in [6, 6.07) is 3.27. The molecule has 0 bridgehead atoms. The van der Waals surface area contributed by atoms with Crippen LogP contribution in [0.15, 0.2) is 12.1 Å². The summed E-state index contributed by atoms with van der Waals surface area (Å²) in [6.45, 7) is 0. The Labute approximate surface area is 99.0 Å². The van der Waals surface area contributed by atoms with E-state index in [0.717, 1.165) is 5.75 Å². The van der Waals surface area contributed by atoms with Gasteiger partial charge in [-0.2, -0.15) is 12.6 Å². The molecular weight excluding hydrogens is 237 g/mol. The van der Waals surface area contributed by atoms with Crippen molar-refractivity contribution in [2.75, 3.05) is 11.5 Å². The standard InChI is InChI=1S/C10H9Cl2NS/c11-9-5-7(13)6-10(12)8(9)3-1-2-4-14/h5-6,14H,2,4,13H2. The molecule has 1 rings (SSSR count). The average Bonchev–Trinajstić information content (AvgIpc) is 2.09. The van der Waals surface area contributed by atoms with Crippen LogP contribution >= 0.6 is 35.8 Å². The summed E-state index contributed by atoms with van der Waals surface area (Å²) in [6.07, 6.45) is 0.708. The van der Waals surface area contributed by atoms with Crippen LogP contribution in [0, 0.1) is 11.8 Å². The summed E-state index contributed by atoms with van der Waals surface area (Å²) in [5.74, 6) is 6.53. The van der Waals surface area contributed by atoms with E-state index >= 15 is 0 Å². The van der Waals surface area contributed by atoms with Crippen LogP contribution in [0.1, 0.15) is 12.0 Å². The lowest BCUT2D eigenvalue weighted by molar-refractivity contribution is 1.31. The molecule has 4 heteroatoms. The van der Waals surface area contributed by atoms with Crippen molar-refractivity contribution in [2.24, 2.45) is 0 Å². The first-order valence-corrected chi connectivity index (χ1v) is 5.38. The molecule has 0 aliphatic carbocycles. The van der Waals surface area contributed by atoms with Crippen molar-refractivity contribution in [3.63, 3.8) is 0 Å². The van der Waals surface area contributed by atoms with Crippen LogP contribution in [0.2, 0.25) is 10.0 Å². The lowest BCUT2D eigenvalue weighted by atomic mass is 10.2. The SMILES string of the molecule is Nc1cc(Cl)c(C#CCCS)c(Cl)c1. The molecule has 2 N–H and O–H groups in total. The third kappa shape index (κ3) is 3.02. The van der Waals surface area contributed by atoms with Crippen molar-refractivity contribution in [3.05, 3.63) is 27.7 Å². The van der Waals surface area contributed by atoms with Gasteiger partial charge in [0.2, 0.25) is 0 Å². The van der Waals surface area contributed by atoms with Gasteiger partial charge in [0.25, 0.3) is 0 Å². The molecular formula is C10H9Cl2NS. The van der Waals surface area contributed by atoms with E-state index in [1.165, 1.54) is 0 Å². The van der Waals surface area contributed by atoms with E-state index in [2.05, 4.69) is 24.5 Å². The lowest BCUT2D eigenvalue weighted by Crippen LogP contribution is -1.87. The summed E-state index contributed by atoms with van der Waals surface area (Å²) in [5.41, 5.74) is 6.72. The Morgan fingerprint density at radius 2 is 1.86 bits per heavy atom. The van der Waals surface area contributed by atoms with Gasteiger partial charge in [-0.3, -0.25) is 0 Å². The van der Waals surface area contributed by atoms with Crippen molar-refractivity contribution < 1.29 is 0 Å². The van der Waals surface area contributed by atoms with Crippen LogP contribution in [0.25, 0.3) is 0 Å². The highest BCUT2D eigenvalue weighted by Crippen LogP contribution is 2.26. The molecule has 1 aromatic rings. The molecule has 0 spiro atoms. The summed E-state index contributed by atoms with van der Waals surface area (Å²) >= 11 is 15.9. The fourth-order valence-corrected chi connectivity index (χ4v) is 1.63. The number of halogens is 2. The predicted octanol–water partition coefficient (Wildman–Crippen LogP) is 3.25. The number of rotatable bonds is 1. The van der Waals surface area contributed by atoms with E-state index in [0.29, 0.717) is 27.7 Å². The minimum atomic E-state index is 0.488. The molecule has 14 heavy (non-hydrogen) atoms. The molecule has 0 saturated carbocycles. The molecule has 0 aliphatic heterocycles. The predicted molar refractivity (Wildman–Crippen MR) is 66.2 cm³/mol. The molecule has 1 aromatic carbocycles. The van der Waals surface area contributed by atoms with Crippen molar-refractivity contribution in [1.82, 2.24) is 0 Å². The first-order chi connectivity index (χ1) is 6.65. The van der Waals surface area contributed by atoms with Crippen molar-refractivity contribution in [3.8, 4) is 11.8 Å². The second kappa shape index (κ2) is 5.41. The molecule has 74 valence electrons. The van der Waals surface area contributed by atoms with Gasteiger partial charge in [0.1, 0.15) is 0 Å². The number of anilines is 1. The zero-order valence-corrected chi connectivity index (χ0v) is 9.76. The second-order valence-corrected chi connectivity index (χ2v) is 3.90. The van der Waals surface area contributed by atoms with E-state index in [-0.39, 0.29) is 0 Å². The van der Waals surface area contributed by atoms with Gasteiger partial charge >= 0.3 is 0 Å². The van der Waals surface area contributed by atoms with E-state index in [9.17, 15) is 0 Å².